The predicted molar refractivity (Wildman–Crippen MR) is 64.5 cm³/mol. The third-order valence-electron chi connectivity index (χ3n) is 3.58. The molecule has 0 spiro atoms. The average molecular weight is 231 g/mol. The lowest BCUT2D eigenvalue weighted by molar-refractivity contribution is -0.122. The van der Waals surface area contributed by atoms with Crippen LogP contribution in [0, 0.1) is 0 Å². The van der Waals surface area contributed by atoms with Crippen LogP contribution in [-0.4, -0.2) is 18.1 Å². The monoisotopic (exact) mass is 231 g/mol. The molecule has 1 saturated heterocycles. The molecule has 2 fully saturated rings. The van der Waals surface area contributed by atoms with Crippen LogP contribution >= 0.6 is 0 Å². The third kappa shape index (κ3) is 2.34. The fourth-order valence-electron chi connectivity index (χ4n) is 2.56. The minimum Gasteiger partial charge on any atom is -0.354 e. The molecule has 2 unspecified atom stereocenters. The minimum absolute atomic E-state index is 0.0300. The first-order chi connectivity index (χ1) is 8.34. The van der Waals surface area contributed by atoms with Crippen LogP contribution in [0.4, 0.5) is 0 Å². The van der Waals surface area contributed by atoms with E-state index in [-0.39, 0.29) is 18.1 Å². The predicted octanol–water partition coefficient (Wildman–Crippen LogP) is 2.19. The zero-order chi connectivity index (χ0) is 11.7. The largest absolute Gasteiger partial charge is 0.354 e. The quantitative estimate of drug-likeness (QED) is 0.810. The number of carbonyl (C=O) groups excluding carboxylic acids is 1. The fourth-order valence-corrected chi connectivity index (χ4v) is 2.56. The van der Waals surface area contributed by atoms with Gasteiger partial charge in [-0.05, 0) is 18.4 Å². The summed E-state index contributed by atoms with van der Waals surface area (Å²) in [6, 6.07) is 10.3. The molecule has 1 aromatic carbocycles. The van der Waals surface area contributed by atoms with Gasteiger partial charge in [0.25, 0.3) is 5.91 Å². The molecule has 1 saturated carbocycles. The maximum atomic E-state index is 11.9. The Morgan fingerprint density at radius 2 is 1.88 bits per heavy atom. The van der Waals surface area contributed by atoms with Gasteiger partial charge >= 0.3 is 0 Å². The molecule has 2 atom stereocenters. The molecule has 1 heterocycles. The van der Waals surface area contributed by atoms with Gasteiger partial charge in [-0.15, -0.1) is 0 Å². The second-order valence-corrected chi connectivity index (χ2v) is 4.88. The van der Waals surface area contributed by atoms with Gasteiger partial charge in [-0.2, -0.15) is 0 Å². The highest BCUT2D eigenvalue weighted by molar-refractivity contribution is 5.84. The topological polar surface area (TPSA) is 41.6 Å². The van der Waals surface area contributed by atoms with Crippen molar-refractivity contribution in [1.82, 2.24) is 5.32 Å². The van der Waals surface area contributed by atoms with E-state index >= 15 is 0 Å². The SMILES string of the molecule is O=C(NC1CCCC1)C1OC1c1ccccc1. The van der Waals surface area contributed by atoms with E-state index in [9.17, 15) is 4.79 Å². The average Bonchev–Trinajstić information content (AvgIpc) is 3.02. The van der Waals surface area contributed by atoms with E-state index < -0.39 is 0 Å². The Bertz CT molecular complexity index is 398. The molecular weight excluding hydrogens is 214 g/mol. The summed E-state index contributed by atoms with van der Waals surface area (Å²) in [4.78, 5) is 11.9. The Hall–Kier alpha value is -1.35. The summed E-state index contributed by atoms with van der Waals surface area (Å²) in [6.07, 6.45) is 4.41. The molecule has 1 aliphatic heterocycles. The van der Waals surface area contributed by atoms with Crippen molar-refractivity contribution in [2.45, 2.75) is 43.9 Å². The van der Waals surface area contributed by atoms with Crippen molar-refractivity contribution in [3.8, 4) is 0 Å². The van der Waals surface area contributed by atoms with Gasteiger partial charge < -0.3 is 10.1 Å². The lowest BCUT2D eigenvalue weighted by Crippen LogP contribution is -2.35. The summed E-state index contributed by atoms with van der Waals surface area (Å²) in [6.45, 7) is 0. The number of amides is 1. The van der Waals surface area contributed by atoms with E-state index in [1.807, 2.05) is 30.3 Å². The van der Waals surface area contributed by atoms with Crippen LogP contribution in [0.15, 0.2) is 30.3 Å². The van der Waals surface area contributed by atoms with Crippen molar-refractivity contribution in [2.24, 2.45) is 0 Å². The maximum absolute atomic E-state index is 11.9. The van der Waals surface area contributed by atoms with Crippen LogP contribution in [0.5, 0.6) is 0 Å². The highest BCUT2D eigenvalue weighted by Gasteiger charge is 2.46. The first-order valence-electron chi connectivity index (χ1n) is 6.35. The Morgan fingerprint density at radius 3 is 2.59 bits per heavy atom. The van der Waals surface area contributed by atoms with Crippen molar-refractivity contribution in [1.29, 1.82) is 0 Å². The molecule has 3 rings (SSSR count). The van der Waals surface area contributed by atoms with E-state index in [4.69, 9.17) is 4.74 Å². The third-order valence-corrected chi connectivity index (χ3v) is 3.58. The van der Waals surface area contributed by atoms with Gasteiger partial charge in [0.2, 0.25) is 0 Å². The van der Waals surface area contributed by atoms with E-state index in [1.54, 1.807) is 0 Å². The fraction of sp³-hybridized carbons (Fsp3) is 0.500. The summed E-state index contributed by atoms with van der Waals surface area (Å²) >= 11 is 0. The van der Waals surface area contributed by atoms with Crippen LogP contribution in [0.3, 0.4) is 0 Å². The minimum atomic E-state index is -0.266. The number of rotatable bonds is 3. The number of benzene rings is 1. The molecule has 90 valence electrons. The Labute approximate surface area is 101 Å². The zero-order valence-electron chi connectivity index (χ0n) is 9.76. The molecule has 1 N–H and O–H groups in total. The molecule has 1 aliphatic carbocycles. The van der Waals surface area contributed by atoms with Crippen LogP contribution in [0.25, 0.3) is 0 Å². The van der Waals surface area contributed by atoms with E-state index in [0.29, 0.717) is 6.04 Å². The van der Waals surface area contributed by atoms with E-state index in [1.165, 1.54) is 12.8 Å². The van der Waals surface area contributed by atoms with Gasteiger partial charge in [-0.25, -0.2) is 0 Å². The molecule has 17 heavy (non-hydrogen) atoms. The molecule has 1 amide bonds. The van der Waals surface area contributed by atoms with Crippen molar-refractivity contribution < 1.29 is 9.53 Å². The van der Waals surface area contributed by atoms with Crippen LogP contribution in [0.1, 0.15) is 37.4 Å². The van der Waals surface area contributed by atoms with Crippen molar-refractivity contribution in [3.63, 3.8) is 0 Å². The molecule has 2 aliphatic rings. The first-order valence-corrected chi connectivity index (χ1v) is 6.35. The number of ether oxygens (including phenoxy) is 1. The van der Waals surface area contributed by atoms with Crippen molar-refractivity contribution in [2.75, 3.05) is 0 Å². The number of carbonyl (C=O) groups is 1. The zero-order valence-corrected chi connectivity index (χ0v) is 9.76. The van der Waals surface area contributed by atoms with E-state index in [0.717, 1.165) is 18.4 Å². The summed E-state index contributed by atoms with van der Waals surface area (Å²) in [7, 11) is 0. The standard InChI is InChI=1S/C14H17NO2/c16-14(15-11-8-4-5-9-11)13-12(17-13)10-6-2-1-3-7-10/h1-3,6-7,11-13H,4-5,8-9H2,(H,15,16). The number of nitrogens with one attached hydrogen (secondary N) is 1. The van der Waals surface area contributed by atoms with Gasteiger partial charge in [0.15, 0.2) is 6.10 Å². The molecule has 0 aromatic heterocycles. The van der Waals surface area contributed by atoms with Crippen molar-refractivity contribution in [3.05, 3.63) is 35.9 Å². The number of epoxide rings is 1. The van der Waals surface area contributed by atoms with Gasteiger partial charge in [-0.3, -0.25) is 4.79 Å². The summed E-state index contributed by atoms with van der Waals surface area (Å²) in [5.41, 5.74) is 1.10. The normalized spacial score (nSPS) is 28.0. The molecule has 3 heteroatoms. The van der Waals surface area contributed by atoms with Gasteiger partial charge in [0.05, 0.1) is 0 Å². The lowest BCUT2D eigenvalue weighted by atomic mass is 10.1. The maximum Gasteiger partial charge on any atom is 0.252 e. The highest BCUT2D eigenvalue weighted by atomic mass is 16.6. The van der Waals surface area contributed by atoms with Gasteiger partial charge in [-0.1, -0.05) is 43.2 Å². The van der Waals surface area contributed by atoms with Crippen LogP contribution < -0.4 is 5.32 Å². The molecular formula is C14H17NO2. The Balaban J connectivity index is 1.55. The highest BCUT2D eigenvalue weighted by Crippen LogP contribution is 2.38. The molecule has 0 radical (unpaired) electrons. The summed E-state index contributed by atoms with van der Waals surface area (Å²) < 4.78 is 5.46. The van der Waals surface area contributed by atoms with Gasteiger partial charge in [0.1, 0.15) is 6.10 Å². The smallest absolute Gasteiger partial charge is 0.252 e. The number of hydrogen-bond donors (Lipinski definition) is 1. The second kappa shape index (κ2) is 4.49. The Morgan fingerprint density at radius 1 is 1.18 bits per heavy atom. The van der Waals surface area contributed by atoms with Crippen LogP contribution in [0.2, 0.25) is 0 Å². The Kier molecular flexibility index (Phi) is 2.85. The molecule has 0 bridgehead atoms. The second-order valence-electron chi connectivity index (χ2n) is 4.88. The molecule has 1 aromatic rings. The summed E-state index contributed by atoms with van der Waals surface area (Å²) in [5, 5.41) is 3.08. The van der Waals surface area contributed by atoms with E-state index in [2.05, 4.69) is 5.32 Å². The van der Waals surface area contributed by atoms with Crippen LogP contribution in [-0.2, 0) is 9.53 Å². The number of hydrogen-bond acceptors (Lipinski definition) is 2. The van der Waals surface area contributed by atoms with Gasteiger partial charge in [0, 0.05) is 6.04 Å². The molecule has 3 nitrogen and oxygen atoms in total. The summed E-state index contributed by atoms with van der Waals surface area (Å²) in [5.74, 6) is 0.0609. The first kappa shape index (κ1) is 10.8. The lowest BCUT2D eigenvalue weighted by Gasteiger charge is -2.10. The van der Waals surface area contributed by atoms with Crippen molar-refractivity contribution >= 4 is 5.91 Å².